The lowest BCUT2D eigenvalue weighted by atomic mass is 10.2. The molecule has 18 heavy (non-hydrogen) atoms. The summed E-state index contributed by atoms with van der Waals surface area (Å²) in [6.45, 7) is 0. The summed E-state index contributed by atoms with van der Waals surface area (Å²) in [5.74, 6) is -0.292. The van der Waals surface area contributed by atoms with E-state index < -0.39 is 0 Å². The Balaban J connectivity index is 2.22. The maximum atomic E-state index is 12.0. The van der Waals surface area contributed by atoms with Crippen molar-refractivity contribution < 1.29 is 4.79 Å². The molecule has 0 atom stereocenters. The number of nitrogens with zero attached hydrogens (tertiary/aromatic N) is 1. The summed E-state index contributed by atoms with van der Waals surface area (Å²) >= 11 is 14.8. The van der Waals surface area contributed by atoms with E-state index in [4.69, 9.17) is 23.2 Å². The molecular weight excluding hydrogens is 339 g/mol. The van der Waals surface area contributed by atoms with Crippen LogP contribution in [0.25, 0.3) is 0 Å². The van der Waals surface area contributed by atoms with Gasteiger partial charge < -0.3 is 5.32 Å². The van der Waals surface area contributed by atoms with Crippen LogP contribution in [0.2, 0.25) is 10.3 Å². The molecular formula is C12H7BrCl2N2O. The molecule has 1 N–H and O–H groups in total. The van der Waals surface area contributed by atoms with Gasteiger partial charge in [0.25, 0.3) is 5.91 Å². The Hall–Kier alpha value is -1.10. The van der Waals surface area contributed by atoms with Gasteiger partial charge in [0.2, 0.25) is 0 Å². The monoisotopic (exact) mass is 344 g/mol. The van der Waals surface area contributed by atoms with Crippen molar-refractivity contribution in [2.45, 2.75) is 0 Å². The minimum Gasteiger partial charge on any atom is -0.322 e. The highest BCUT2D eigenvalue weighted by Crippen LogP contribution is 2.18. The predicted octanol–water partition coefficient (Wildman–Crippen LogP) is 4.40. The Morgan fingerprint density at radius 1 is 1.17 bits per heavy atom. The maximum Gasteiger partial charge on any atom is 0.255 e. The molecule has 0 spiro atoms. The number of aromatic nitrogens is 1. The summed E-state index contributed by atoms with van der Waals surface area (Å²) in [6.07, 6.45) is 0. The number of carbonyl (C=O) groups excluding carboxylic acids is 1. The van der Waals surface area contributed by atoms with E-state index in [1.807, 2.05) is 12.1 Å². The van der Waals surface area contributed by atoms with E-state index in [9.17, 15) is 4.79 Å². The van der Waals surface area contributed by atoms with E-state index >= 15 is 0 Å². The van der Waals surface area contributed by atoms with Gasteiger partial charge in [-0.3, -0.25) is 4.79 Å². The molecule has 92 valence electrons. The van der Waals surface area contributed by atoms with E-state index in [1.165, 1.54) is 12.1 Å². The van der Waals surface area contributed by atoms with Gasteiger partial charge in [-0.25, -0.2) is 4.98 Å². The van der Waals surface area contributed by atoms with Gasteiger partial charge in [0, 0.05) is 15.7 Å². The fraction of sp³-hybridized carbons (Fsp3) is 0. The molecule has 0 bridgehead atoms. The van der Waals surface area contributed by atoms with Crippen molar-refractivity contribution in [3.63, 3.8) is 0 Å². The molecule has 0 aliphatic heterocycles. The van der Waals surface area contributed by atoms with Crippen molar-refractivity contribution in [1.82, 2.24) is 4.98 Å². The van der Waals surface area contributed by atoms with Gasteiger partial charge in [0.05, 0.1) is 0 Å². The topological polar surface area (TPSA) is 42.0 Å². The second kappa shape index (κ2) is 5.69. The highest BCUT2D eigenvalue weighted by molar-refractivity contribution is 9.10. The smallest absolute Gasteiger partial charge is 0.255 e. The number of anilines is 1. The molecule has 6 heteroatoms. The number of rotatable bonds is 2. The Kier molecular flexibility index (Phi) is 4.22. The quantitative estimate of drug-likeness (QED) is 0.819. The van der Waals surface area contributed by atoms with Crippen LogP contribution in [0.15, 0.2) is 40.9 Å². The molecule has 2 aromatic rings. The lowest BCUT2D eigenvalue weighted by Gasteiger charge is -2.06. The van der Waals surface area contributed by atoms with Crippen LogP contribution in [-0.4, -0.2) is 10.9 Å². The van der Waals surface area contributed by atoms with Crippen LogP contribution in [0, 0.1) is 0 Å². The largest absolute Gasteiger partial charge is 0.322 e. The van der Waals surface area contributed by atoms with Crippen LogP contribution >= 0.6 is 39.1 Å². The molecule has 0 aliphatic carbocycles. The molecule has 0 saturated carbocycles. The van der Waals surface area contributed by atoms with Crippen molar-refractivity contribution in [3.8, 4) is 0 Å². The molecule has 2 rings (SSSR count). The predicted molar refractivity (Wildman–Crippen MR) is 76.4 cm³/mol. The van der Waals surface area contributed by atoms with Gasteiger partial charge >= 0.3 is 0 Å². The number of carbonyl (C=O) groups is 1. The summed E-state index contributed by atoms with van der Waals surface area (Å²) < 4.78 is 0.881. The van der Waals surface area contributed by atoms with Gasteiger partial charge in [-0.15, -0.1) is 0 Å². The third-order valence-corrected chi connectivity index (χ3v) is 2.99. The highest BCUT2D eigenvalue weighted by Gasteiger charge is 2.09. The molecule has 1 aromatic carbocycles. The van der Waals surface area contributed by atoms with Crippen LogP contribution in [0.1, 0.15) is 10.4 Å². The molecule has 1 heterocycles. The molecule has 3 nitrogen and oxygen atoms in total. The highest BCUT2D eigenvalue weighted by atomic mass is 79.9. The van der Waals surface area contributed by atoms with E-state index in [2.05, 4.69) is 26.2 Å². The van der Waals surface area contributed by atoms with Gasteiger partial charge in [-0.2, -0.15) is 0 Å². The Bertz CT molecular complexity index is 584. The summed E-state index contributed by atoms with van der Waals surface area (Å²) in [6, 6.07) is 10.2. The number of hydrogen-bond donors (Lipinski definition) is 1. The van der Waals surface area contributed by atoms with Gasteiger partial charge in [-0.1, -0.05) is 45.2 Å². The second-order valence-electron chi connectivity index (χ2n) is 3.47. The number of pyridine rings is 1. The van der Waals surface area contributed by atoms with Crippen molar-refractivity contribution in [2.24, 2.45) is 0 Å². The molecule has 0 radical (unpaired) electrons. The van der Waals surface area contributed by atoms with Crippen LogP contribution in [0.4, 0.5) is 5.69 Å². The van der Waals surface area contributed by atoms with Gasteiger partial charge in [0.1, 0.15) is 10.3 Å². The Morgan fingerprint density at radius 3 is 2.44 bits per heavy atom. The van der Waals surface area contributed by atoms with Crippen LogP contribution in [0.5, 0.6) is 0 Å². The second-order valence-corrected chi connectivity index (χ2v) is 5.16. The van der Waals surface area contributed by atoms with Crippen LogP contribution in [0.3, 0.4) is 0 Å². The first-order chi connectivity index (χ1) is 8.54. The lowest BCUT2D eigenvalue weighted by Crippen LogP contribution is -2.12. The Morgan fingerprint density at radius 2 is 1.83 bits per heavy atom. The van der Waals surface area contributed by atoms with Gasteiger partial charge in [0.15, 0.2) is 0 Å². The number of nitrogens with one attached hydrogen (secondary N) is 1. The number of benzene rings is 1. The molecule has 1 amide bonds. The van der Waals surface area contributed by atoms with Crippen molar-refractivity contribution in [1.29, 1.82) is 0 Å². The summed E-state index contributed by atoms with van der Waals surface area (Å²) in [7, 11) is 0. The van der Waals surface area contributed by atoms with E-state index in [0.29, 0.717) is 11.3 Å². The Labute approximate surface area is 122 Å². The normalized spacial score (nSPS) is 10.2. The summed E-state index contributed by atoms with van der Waals surface area (Å²) in [5, 5.41) is 3.10. The first kappa shape index (κ1) is 13.3. The minimum atomic E-state index is -0.292. The molecule has 0 aliphatic rings. The molecule has 1 aromatic heterocycles. The zero-order chi connectivity index (χ0) is 13.1. The SMILES string of the molecule is O=C(Nc1cccc(Br)c1)c1cc(Cl)nc(Cl)c1. The molecule has 0 unspecified atom stereocenters. The standard InChI is InChI=1S/C12H7BrCl2N2O/c13-8-2-1-3-9(6-8)16-12(18)7-4-10(14)17-11(15)5-7/h1-6H,(H,16,18). The number of amides is 1. The maximum absolute atomic E-state index is 12.0. The first-order valence-electron chi connectivity index (χ1n) is 4.94. The average molecular weight is 346 g/mol. The van der Waals surface area contributed by atoms with E-state index in [-0.39, 0.29) is 16.2 Å². The van der Waals surface area contributed by atoms with Crippen molar-refractivity contribution >= 4 is 50.7 Å². The molecule has 0 saturated heterocycles. The fourth-order valence-electron chi connectivity index (χ4n) is 1.37. The minimum absolute atomic E-state index is 0.182. The van der Waals surface area contributed by atoms with E-state index in [0.717, 1.165) is 4.47 Å². The van der Waals surface area contributed by atoms with Crippen LogP contribution < -0.4 is 5.32 Å². The summed E-state index contributed by atoms with van der Waals surface area (Å²) in [5.41, 5.74) is 1.04. The number of halogens is 3. The zero-order valence-electron chi connectivity index (χ0n) is 8.95. The third-order valence-electron chi connectivity index (χ3n) is 2.11. The fourth-order valence-corrected chi connectivity index (χ4v) is 2.23. The first-order valence-corrected chi connectivity index (χ1v) is 6.49. The van der Waals surface area contributed by atoms with Crippen LogP contribution in [-0.2, 0) is 0 Å². The van der Waals surface area contributed by atoms with E-state index in [1.54, 1.807) is 12.1 Å². The van der Waals surface area contributed by atoms with Crippen molar-refractivity contribution in [2.75, 3.05) is 5.32 Å². The summed E-state index contributed by atoms with van der Waals surface area (Å²) in [4.78, 5) is 15.7. The third kappa shape index (κ3) is 3.45. The lowest BCUT2D eigenvalue weighted by molar-refractivity contribution is 0.102. The number of hydrogen-bond acceptors (Lipinski definition) is 2. The van der Waals surface area contributed by atoms with Crippen molar-refractivity contribution in [3.05, 3.63) is 56.7 Å². The van der Waals surface area contributed by atoms with Gasteiger partial charge in [-0.05, 0) is 30.3 Å². The molecule has 0 fully saturated rings. The zero-order valence-corrected chi connectivity index (χ0v) is 12.1. The average Bonchev–Trinajstić information content (AvgIpc) is 2.27.